The van der Waals surface area contributed by atoms with Gasteiger partial charge in [-0.15, -0.1) is 0 Å². The molecule has 2 heterocycles. The van der Waals surface area contributed by atoms with Gasteiger partial charge in [-0.3, -0.25) is 0 Å². The van der Waals surface area contributed by atoms with Crippen molar-refractivity contribution in [1.82, 2.24) is 14.7 Å². The normalized spacial score (nSPS) is 20.0. The largest absolute Gasteiger partial charge is 1.00 e. The quantitative estimate of drug-likeness (QED) is 0.351. The van der Waals surface area contributed by atoms with Gasteiger partial charge < -0.3 is 39.5 Å². The molecule has 0 spiro atoms. The molecule has 2 aliphatic rings. The summed E-state index contributed by atoms with van der Waals surface area (Å²) in [5, 5.41) is 0. The van der Waals surface area contributed by atoms with Crippen LogP contribution in [0.2, 0.25) is 0 Å². The number of piperazine rings is 1. The van der Waals surface area contributed by atoms with Gasteiger partial charge in [0.15, 0.2) is 0 Å². The Bertz CT molecular complexity index is 342. The molecule has 0 bridgehead atoms. The smallest absolute Gasteiger partial charge is 0.411 e. The Morgan fingerprint density at radius 2 is 1.48 bits per heavy atom. The topological polar surface area (TPSA) is 9.72 Å². The van der Waals surface area contributed by atoms with Crippen LogP contribution in [0.5, 0.6) is 0 Å². The third-order valence-corrected chi connectivity index (χ3v) is 5.90. The van der Waals surface area contributed by atoms with Crippen molar-refractivity contribution in [3.8, 4) is 0 Å². The number of likely N-dealkylation sites (tertiary alicyclic amines) is 1. The predicted octanol–water partition coefficient (Wildman–Crippen LogP) is -1.06. The van der Waals surface area contributed by atoms with Crippen molar-refractivity contribution in [2.24, 2.45) is 0 Å². The fourth-order valence-electron chi connectivity index (χ4n) is 2.61. The first-order valence-electron chi connectivity index (χ1n) is 7.27. The molecule has 2 saturated heterocycles. The van der Waals surface area contributed by atoms with Crippen LogP contribution in [-0.4, -0.2) is 74.9 Å². The molecule has 0 unspecified atom stereocenters. The van der Waals surface area contributed by atoms with Crippen LogP contribution >= 0.6 is 36.2 Å². The molecule has 0 atom stereocenters. The zero-order valence-electron chi connectivity index (χ0n) is 12.8. The number of hydrogen-bond donors (Lipinski definition) is 0. The first-order chi connectivity index (χ1) is 9.66. The summed E-state index contributed by atoms with van der Waals surface area (Å²) < 4.78 is 1.63. The van der Waals surface area contributed by atoms with E-state index < -0.39 is 0 Å². The average molecular weight is 372 g/mol. The van der Waals surface area contributed by atoms with E-state index in [4.69, 9.17) is 37.1 Å². The molecule has 0 aromatic heterocycles. The molecule has 2 rings (SSSR count). The fourth-order valence-corrected chi connectivity index (χ4v) is 4.29. The van der Waals surface area contributed by atoms with Gasteiger partial charge in [-0.2, -0.15) is 0 Å². The van der Waals surface area contributed by atoms with Crippen LogP contribution in [-0.2, 0) is 12.6 Å². The summed E-state index contributed by atoms with van der Waals surface area (Å²) in [5.74, 6) is 1.11. The van der Waals surface area contributed by atoms with E-state index in [0.717, 1.165) is 36.3 Å². The molecule has 0 amide bonds. The van der Waals surface area contributed by atoms with Crippen LogP contribution in [0.25, 0.3) is 0 Å². The molecular formula is C13H22N3NaS4. The van der Waals surface area contributed by atoms with Crippen LogP contribution in [0.4, 0.5) is 0 Å². The molecule has 21 heavy (non-hydrogen) atoms. The fraction of sp³-hybridized carbons (Fsp3) is 0.846. The Labute approximate surface area is 171 Å². The number of thiocarbonyl (C=S) groups is 2. The second kappa shape index (κ2) is 11.0. The molecule has 0 radical (unpaired) electrons. The minimum absolute atomic E-state index is 0. The molecule has 0 aromatic carbocycles. The van der Waals surface area contributed by atoms with Gasteiger partial charge in [0.1, 0.15) is 4.32 Å². The van der Waals surface area contributed by atoms with E-state index in [1.165, 1.54) is 38.9 Å². The first-order valence-corrected chi connectivity index (χ1v) is 9.48. The first kappa shape index (κ1) is 20.4. The summed E-state index contributed by atoms with van der Waals surface area (Å²) in [7, 11) is 0. The Balaban J connectivity index is 0.00000220. The molecule has 0 aromatic rings. The average Bonchev–Trinajstić information content (AvgIpc) is 2.48. The van der Waals surface area contributed by atoms with E-state index in [1.807, 2.05) is 11.8 Å². The van der Waals surface area contributed by atoms with Gasteiger partial charge in [-0.1, -0.05) is 34.7 Å². The molecule has 0 saturated carbocycles. The number of piperidine rings is 1. The van der Waals surface area contributed by atoms with E-state index in [-0.39, 0.29) is 29.6 Å². The van der Waals surface area contributed by atoms with Crippen molar-refractivity contribution in [2.75, 3.05) is 51.6 Å². The van der Waals surface area contributed by atoms with Gasteiger partial charge in [-0.25, -0.2) is 0 Å². The van der Waals surface area contributed by atoms with Gasteiger partial charge >= 0.3 is 29.6 Å². The predicted molar refractivity (Wildman–Crippen MR) is 98.5 cm³/mol. The van der Waals surface area contributed by atoms with Gasteiger partial charge in [0.2, 0.25) is 0 Å². The van der Waals surface area contributed by atoms with Crippen molar-refractivity contribution >= 4 is 57.5 Å². The molecule has 2 fully saturated rings. The summed E-state index contributed by atoms with van der Waals surface area (Å²) in [6.07, 6.45) is 4.12. The van der Waals surface area contributed by atoms with Gasteiger partial charge in [-0.05, 0) is 25.9 Å². The summed E-state index contributed by atoms with van der Waals surface area (Å²) in [6, 6.07) is 0. The van der Waals surface area contributed by atoms with E-state index in [1.54, 1.807) is 0 Å². The molecule has 114 valence electrons. The third kappa shape index (κ3) is 7.16. The van der Waals surface area contributed by atoms with Crippen LogP contribution in [0.15, 0.2) is 0 Å². The molecule has 3 nitrogen and oxygen atoms in total. The van der Waals surface area contributed by atoms with Crippen LogP contribution in [0, 0.1) is 0 Å². The van der Waals surface area contributed by atoms with E-state index >= 15 is 0 Å². The maximum absolute atomic E-state index is 5.54. The second-order valence-electron chi connectivity index (χ2n) is 5.26. The maximum atomic E-state index is 5.54. The minimum Gasteiger partial charge on any atom is -0.411 e. The summed E-state index contributed by atoms with van der Waals surface area (Å²) >= 11 is 17.4. The molecule has 2 aliphatic heterocycles. The van der Waals surface area contributed by atoms with E-state index in [9.17, 15) is 0 Å². The number of thioether (sulfide) groups is 1. The monoisotopic (exact) mass is 371 g/mol. The minimum atomic E-state index is 0. The molecule has 0 aliphatic carbocycles. The Morgan fingerprint density at radius 1 is 0.905 bits per heavy atom. The molecule has 8 heteroatoms. The Morgan fingerprint density at radius 3 is 2.05 bits per heavy atom. The van der Waals surface area contributed by atoms with Crippen LogP contribution in [0.3, 0.4) is 0 Å². The van der Waals surface area contributed by atoms with Gasteiger partial charge in [0.25, 0.3) is 0 Å². The third-order valence-electron chi connectivity index (χ3n) is 3.88. The van der Waals surface area contributed by atoms with Crippen molar-refractivity contribution in [2.45, 2.75) is 19.3 Å². The Kier molecular flexibility index (Phi) is 10.6. The number of nitrogens with zero attached hydrogens (tertiary/aromatic N) is 3. The summed E-state index contributed by atoms with van der Waals surface area (Å²) in [4.78, 5) is 6.94. The van der Waals surface area contributed by atoms with Crippen molar-refractivity contribution in [3.63, 3.8) is 0 Å². The zero-order chi connectivity index (χ0) is 14.4. The van der Waals surface area contributed by atoms with Crippen molar-refractivity contribution < 1.29 is 29.6 Å². The van der Waals surface area contributed by atoms with Crippen molar-refractivity contribution in [3.05, 3.63) is 0 Å². The van der Waals surface area contributed by atoms with Crippen LogP contribution < -0.4 is 29.6 Å². The zero-order valence-corrected chi connectivity index (χ0v) is 18.0. The standard InChI is InChI=1S/C13H23N3S4.Na/c17-12(18)15-6-8-16(9-7-15)13(19)20-11-10-14-4-2-1-3-5-14;/h1-11H2,(H,17,18);/q;+1/p-1. The number of hydrogen-bond acceptors (Lipinski definition) is 5. The SMILES string of the molecule is S=C([S-])N1CCN(C(=S)SCCN2CCCCC2)CC1.[Na+]. The second-order valence-corrected chi connectivity index (χ2v) is 8.02. The maximum Gasteiger partial charge on any atom is 1.00 e. The summed E-state index contributed by atoms with van der Waals surface area (Å²) in [5.41, 5.74) is 0. The van der Waals surface area contributed by atoms with Crippen molar-refractivity contribution in [1.29, 1.82) is 0 Å². The van der Waals surface area contributed by atoms with E-state index in [0.29, 0.717) is 4.32 Å². The van der Waals surface area contributed by atoms with E-state index in [2.05, 4.69) is 14.7 Å². The Hall–Kier alpha value is 1.31. The molecular weight excluding hydrogens is 349 g/mol. The summed E-state index contributed by atoms with van der Waals surface area (Å²) in [6.45, 7) is 7.43. The van der Waals surface area contributed by atoms with Gasteiger partial charge in [0.05, 0.1) is 0 Å². The van der Waals surface area contributed by atoms with Crippen LogP contribution in [0.1, 0.15) is 19.3 Å². The number of rotatable bonds is 3. The molecule has 0 N–H and O–H groups in total. The van der Waals surface area contributed by atoms with Gasteiger partial charge in [0, 0.05) is 38.5 Å².